The highest BCUT2D eigenvalue weighted by molar-refractivity contribution is 5.90. The predicted molar refractivity (Wildman–Crippen MR) is 89.2 cm³/mol. The molecule has 0 radical (unpaired) electrons. The lowest BCUT2D eigenvalue weighted by Gasteiger charge is -2.09. The third kappa shape index (κ3) is 3.15. The van der Waals surface area contributed by atoms with Crippen LogP contribution in [0.4, 0.5) is 0 Å². The number of benzene rings is 2. The summed E-state index contributed by atoms with van der Waals surface area (Å²) in [6.07, 6.45) is 0. The Morgan fingerprint density at radius 3 is 2.46 bits per heavy atom. The lowest BCUT2D eigenvalue weighted by Crippen LogP contribution is -2.08. The van der Waals surface area contributed by atoms with Crippen LogP contribution in [0.2, 0.25) is 0 Å². The first-order chi connectivity index (χ1) is 11.4. The summed E-state index contributed by atoms with van der Waals surface area (Å²) in [4.78, 5) is 23.8. The van der Waals surface area contributed by atoms with Gasteiger partial charge >= 0.3 is 11.6 Å². The van der Waals surface area contributed by atoms with Gasteiger partial charge < -0.3 is 14.3 Å². The third-order valence-corrected chi connectivity index (χ3v) is 3.91. The Bertz CT molecular complexity index is 967. The van der Waals surface area contributed by atoms with E-state index in [9.17, 15) is 14.7 Å². The van der Waals surface area contributed by atoms with E-state index >= 15 is 0 Å². The van der Waals surface area contributed by atoms with Gasteiger partial charge in [0.2, 0.25) is 0 Å². The van der Waals surface area contributed by atoms with Crippen LogP contribution in [0.25, 0.3) is 11.0 Å². The second-order valence-electron chi connectivity index (χ2n) is 5.65. The van der Waals surface area contributed by atoms with Gasteiger partial charge in [-0.1, -0.05) is 0 Å². The Balaban J connectivity index is 1.89. The van der Waals surface area contributed by atoms with Gasteiger partial charge in [-0.25, -0.2) is 9.59 Å². The highest BCUT2D eigenvalue weighted by atomic mass is 16.5. The summed E-state index contributed by atoms with van der Waals surface area (Å²) in [6.45, 7) is 3.86. The number of fused-ring (bicyclic) bond motifs is 1. The van der Waals surface area contributed by atoms with Crippen LogP contribution in [0.15, 0.2) is 51.7 Å². The molecule has 5 heteroatoms. The molecule has 0 saturated heterocycles. The number of esters is 1. The minimum absolute atomic E-state index is 0.0374. The topological polar surface area (TPSA) is 76.7 Å². The molecule has 0 aliphatic carbocycles. The number of aryl methyl sites for hydroxylation is 2. The van der Waals surface area contributed by atoms with Crippen molar-refractivity contribution in [2.24, 2.45) is 0 Å². The van der Waals surface area contributed by atoms with Gasteiger partial charge in [0.15, 0.2) is 0 Å². The fourth-order valence-electron chi connectivity index (χ4n) is 2.43. The zero-order valence-electron chi connectivity index (χ0n) is 13.3. The normalized spacial score (nSPS) is 10.8. The van der Waals surface area contributed by atoms with E-state index in [0.717, 1.165) is 16.5 Å². The number of hydrogen-bond acceptors (Lipinski definition) is 5. The summed E-state index contributed by atoms with van der Waals surface area (Å²) in [5.41, 5.74) is 2.98. The van der Waals surface area contributed by atoms with E-state index in [2.05, 4.69) is 0 Å². The van der Waals surface area contributed by atoms with Gasteiger partial charge in [-0.15, -0.1) is 0 Å². The van der Waals surface area contributed by atoms with Crippen molar-refractivity contribution in [2.75, 3.05) is 0 Å². The zero-order chi connectivity index (χ0) is 17.3. The Kier molecular flexibility index (Phi) is 4.08. The van der Waals surface area contributed by atoms with Crippen LogP contribution in [0.3, 0.4) is 0 Å². The summed E-state index contributed by atoms with van der Waals surface area (Å²) in [5.74, 6) is -0.454. The first-order valence-electron chi connectivity index (χ1n) is 7.44. The smallest absolute Gasteiger partial charge is 0.338 e. The summed E-state index contributed by atoms with van der Waals surface area (Å²) in [5, 5.41) is 9.99. The predicted octanol–water partition coefficient (Wildman–Crippen LogP) is 3.47. The molecule has 1 heterocycles. The van der Waals surface area contributed by atoms with Gasteiger partial charge in [0.25, 0.3) is 0 Å². The zero-order valence-corrected chi connectivity index (χ0v) is 13.3. The van der Waals surface area contributed by atoms with Crippen molar-refractivity contribution >= 4 is 16.9 Å². The molecule has 0 aliphatic heterocycles. The lowest BCUT2D eigenvalue weighted by atomic mass is 10.0. The molecule has 24 heavy (non-hydrogen) atoms. The average Bonchev–Trinajstić information content (AvgIpc) is 2.54. The van der Waals surface area contributed by atoms with Crippen LogP contribution in [0.1, 0.15) is 27.0 Å². The molecule has 0 spiro atoms. The maximum atomic E-state index is 12.1. The second kappa shape index (κ2) is 6.20. The molecule has 1 aromatic heterocycles. The Labute approximate surface area is 138 Å². The molecule has 0 aliphatic rings. The van der Waals surface area contributed by atoms with Crippen molar-refractivity contribution in [3.8, 4) is 5.75 Å². The molecule has 0 fully saturated rings. The summed E-state index contributed by atoms with van der Waals surface area (Å²) < 4.78 is 10.5. The number of carbonyl (C=O) groups is 1. The van der Waals surface area contributed by atoms with Gasteiger partial charge in [-0.05, 0) is 61.4 Å². The average molecular weight is 324 g/mol. The van der Waals surface area contributed by atoms with Crippen LogP contribution < -0.4 is 5.63 Å². The lowest BCUT2D eigenvalue weighted by molar-refractivity contribution is 0.0474. The molecule has 3 rings (SSSR count). The molecule has 0 amide bonds. The van der Waals surface area contributed by atoms with Crippen molar-refractivity contribution < 1.29 is 19.1 Å². The first kappa shape index (κ1) is 15.8. The Hall–Kier alpha value is -3.08. The van der Waals surface area contributed by atoms with Gasteiger partial charge in [-0.3, -0.25) is 0 Å². The number of aromatic hydroxyl groups is 1. The molecule has 0 unspecified atom stereocenters. The summed E-state index contributed by atoms with van der Waals surface area (Å²) >= 11 is 0. The standard InChI is InChI=1S/C19H16O5/c1-11-7-16-14(9-18(21)24-17(16)8-12(11)2)10-23-19(22)13-3-5-15(20)6-4-13/h3-9,20H,10H2,1-2H3. The van der Waals surface area contributed by atoms with Gasteiger partial charge in [0.05, 0.1) is 5.56 Å². The van der Waals surface area contributed by atoms with Crippen LogP contribution >= 0.6 is 0 Å². The summed E-state index contributed by atoms with van der Waals surface area (Å²) in [6, 6.07) is 10.8. The maximum absolute atomic E-state index is 12.1. The van der Waals surface area contributed by atoms with Crippen LogP contribution in [-0.4, -0.2) is 11.1 Å². The van der Waals surface area contributed by atoms with E-state index in [1.807, 2.05) is 19.9 Å². The number of carbonyl (C=O) groups excluding carboxylic acids is 1. The van der Waals surface area contributed by atoms with E-state index < -0.39 is 11.6 Å². The minimum Gasteiger partial charge on any atom is -0.508 e. The fourth-order valence-corrected chi connectivity index (χ4v) is 2.43. The number of ether oxygens (including phenoxy) is 1. The molecular formula is C19H16O5. The van der Waals surface area contributed by atoms with Gasteiger partial charge in [0, 0.05) is 17.0 Å². The molecule has 0 saturated carbocycles. The molecule has 2 aromatic carbocycles. The molecule has 122 valence electrons. The van der Waals surface area contributed by atoms with Gasteiger partial charge in [-0.2, -0.15) is 0 Å². The molecule has 0 bridgehead atoms. The maximum Gasteiger partial charge on any atom is 0.338 e. The summed E-state index contributed by atoms with van der Waals surface area (Å²) in [7, 11) is 0. The highest BCUT2D eigenvalue weighted by Crippen LogP contribution is 2.22. The SMILES string of the molecule is Cc1cc2oc(=O)cc(COC(=O)c3ccc(O)cc3)c2cc1C. The fraction of sp³-hybridized carbons (Fsp3) is 0.158. The van der Waals surface area contributed by atoms with E-state index in [0.29, 0.717) is 16.7 Å². The van der Waals surface area contributed by atoms with Crippen molar-refractivity contribution in [3.63, 3.8) is 0 Å². The quantitative estimate of drug-likeness (QED) is 0.589. The van der Waals surface area contributed by atoms with E-state index in [-0.39, 0.29) is 12.4 Å². The largest absolute Gasteiger partial charge is 0.508 e. The van der Waals surface area contributed by atoms with Crippen molar-refractivity contribution in [2.45, 2.75) is 20.5 Å². The van der Waals surface area contributed by atoms with Crippen LogP contribution in [0.5, 0.6) is 5.75 Å². The molecule has 3 aromatic rings. The second-order valence-corrected chi connectivity index (χ2v) is 5.65. The van der Waals surface area contributed by atoms with Gasteiger partial charge in [0.1, 0.15) is 17.9 Å². The van der Waals surface area contributed by atoms with Crippen molar-refractivity contribution in [1.82, 2.24) is 0 Å². The monoisotopic (exact) mass is 324 g/mol. The van der Waals surface area contributed by atoms with E-state index in [1.165, 1.54) is 30.3 Å². The molecular weight excluding hydrogens is 308 g/mol. The van der Waals surface area contributed by atoms with E-state index in [1.54, 1.807) is 6.07 Å². The highest BCUT2D eigenvalue weighted by Gasteiger charge is 2.12. The van der Waals surface area contributed by atoms with E-state index in [4.69, 9.17) is 9.15 Å². The number of hydrogen-bond donors (Lipinski definition) is 1. The number of phenols is 1. The molecule has 1 N–H and O–H groups in total. The number of phenolic OH excluding ortho intramolecular Hbond substituents is 1. The first-order valence-corrected chi connectivity index (χ1v) is 7.44. The van der Waals surface area contributed by atoms with Crippen LogP contribution in [-0.2, 0) is 11.3 Å². The third-order valence-electron chi connectivity index (χ3n) is 3.91. The molecule has 5 nitrogen and oxygen atoms in total. The Morgan fingerprint density at radius 1 is 1.08 bits per heavy atom. The molecule has 0 atom stereocenters. The Morgan fingerprint density at radius 2 is 1.75 bits per heavy atom. The number of rotatable bonds is 3. The van der Waals surface area contributed by atoms with Crippen LogP contribution in [0, 0.1) is 13.8 Å². The minimum atomic E-state index is -0.528. The van der Waals surface area contributed by atoms with Crippen molar-refractivity contribution in [1.29, 1.82) is 0 Å². The van der Waals surface area contributed by atoms with Crippen molar-refractivity contribution in [3.05, 3.63) is 75.1 Å².